The van der Waals surface area contributed by atoms with Gasteiger partial charge in [0.25, 0.3) is 0 Å². The zero-order chi connectivity index (χ0) is 11.1. The molecule has 1 nitrogen and oxygen atoms in total. The third-order valence-electron chi connectivity index (χ3n) is 3.34. The highest BCUT2D eigenvalue weighted by atomic mass is 35.5. The molecule has 0 amide bonds. The molecule has 0 atom stereocenters. The Kier molecular flexibility index (Phi) is 5.99. The van der Waals surface area contributed by atoms with E-state index in [-0.39, 0.29) is 0 Å². The molecule has 0 aromatic carbocycles. The van der Waals surface area contributed by atoms with Gasteiger partial charge in [-0.1, -0.05) is 26.7 Å². The maximum atomic E-state index is 5.66. The fraction of sp³-hybridized carbons (Fsp3) is 1.00. The first kappa shape index (κ1) is 13.3. The lowest BCUT2D eigenvalue weighted by molar-refractivity contribution is 0.116. The Morgan fingerprint density at radius 1 is 1.13 bits per heavy atom. The molecular formula is C13H26ClN. The van der Waals surface area contributed by atoms with Crippen LogP contribution in [0.25, 0.3) is 0 Å². The normalized spacial score (nSPS) is 21.8. The predicted molar refractivity (Wildman–Crippen MR) is 68.6 cm³/mol. The highest BCUT2D eigenvalue weighted by molar-refractivity contribution is 6.17. The number of piperidine rings is 1. The lowest BCUT2D eigenvalue weighted by Gasteiger charge is -2.38. The van der Waals surface area contributed by atoms with Gasteiger partial charge in [0.15, 0.2) is 0 Å². The lowest BCUT2D eigenvalue weighted by Crippen LogP contribution is -2.40. The third-order valence-corrected chi connectivity index (χ3v) is 3.60. The molecule has 1 heterocycles. The van der Waals surface area contributed by atoms with E-state index in [1.165, 1.54) is 58.2 Å². The van der Waals surface area contributed by atoms with Crippen molar-refractivity contribution < 1.29 is 0 Å². The molecular weight excluding hydrogens is 206 g/mol. The summed E-state index contributed by atoms with van der Waals surface area (Å²) >= 11 is 5.66. The molecule has 1 rings (SSSR count). The second kappa shape index (κ2) is 6.75. The van der Waals surface area contributed by atoms with Crippen molar-refractivity contribution >= 4 is 11.6 Å². The van der Waals surface area contributed by atoms with Crippen LogP contribution in [0.1, 0.15) is 52.4 Å². The number of likely N-dealkylation sites (tertiary alicyclic amines) is 1. The number of halogens is 1. The van der Waals surface area contributed by atoms with E-state index in [2.05, 4.69) is 18.7 Å². The van der Waals surface area contributed by atoms with E-state index in [0.717, 1.165) is 5.88 Å². The minimum absolute atomic E-state index is 0.550. The molecule has 2 heteroatoms. The average molecular weight is 232 g/mol. The standard InChI is InChI=1S/C13H26ClN/c1-13(2)8-7-11-15(12-13)10-6-4-3-5-9-14/h3-12H2,1-2H3. The van der Waals surface area contributed by atoms with Gasteiger partial charge in [-0.05, 0) is 44.2 Å². The molecule has 0 spiro atoms. The van der Waals surface area contributed by atoms with Crippen molar-refractivity contribution in [2.45, 2.75) is 52.4 Å². The summed E-state index contributed by atoms with van der Waals surface area (Å²) in [6, 6.07) is 0. The minimum Gasteiger partial charge on any atom is -0.303 e. The van der Waals surface area contributed by atoms with E-state index in [0.29, 0.717) is 5.41 Å². The Morgan fingerprint density at radius 3 is 2.53 bits per heavy atom. The smallest absolute Gasteiger partial charge is 0.0223 e. The molecule has 0 aromatic heterocycles. The number of rotatable bonds is 6. The summed E-state index contributed by atoms with van der Waals surface area (Å²) in [5.74, 6) is 0.830. The van der Waals surface area contributed by atoms with Crippen LogP contribution in [-0.4, -0.2) is 30.4 Å². The molecule has 1 fully saturated rings. The van der Waals surface area contributed by atoms with Gasteiger partial charge in [0.05, 0.1) is 0 Å². The van der Waals surface area contributed by atoms with Crippen LogP contribution in [0.4, 0.5) is 0 Å². The van der Waals surface area contributed by atoms with Gasteiger partial charge in [-0.25, -0.2) is 0 Å². The zero-order valence-corrected chi connectivity index (χ0v) is 11.2. The zero-order valence-electron chi connectivity index (χ0n) is 10.4. The molecule has 0 radical (unpaired) electrons. The number of alkyl halides is 1. The van der Waals surface area contributed by atoms with Gasteiger partial charge < -0.3 is 4.90 Å². The molecule has 0 saturated carbocycles. The van der Waals surface area contributed by atoms with Crippen molar-refractivity contribution in [3.05, 3.63) is 0 Å². The third kappa shape index (κ3) is 5.77. The van der Waals surface area contributed by atoms with Gasteiger partial charge in [0.1, 0.15) is 0 Å². The summed E-state index contributed by atoms with van der Waals surface area (Å²) in [5.41, 5.74) is 0.550. The van der Waals surface area contributed by atoms with E-state index in [1.807, 2.05) is 0 Å². The molecule has 0 bridgehead atoms. The van der Waals surface area contributed by atoms with Gasteiger partial charge in [-0.3, -0.25) is 0 Å². The van der Waals surface area contributed by atoms with Gasteiger partial charge in [0.2, 0.25) is 0 Å². The highest BCUT2D eigenvalue weighted by Gasteiger charge is 2.25. The van der Waals surface area contributed by atoms with E-state index < -0.39 is 0 Å². The van der Waals surface area contributed by atoms with Crippen LogP contribution in [-0.2, 0) is 0 Å². The van der Waals surface area contributed by atoms with Gasteiger partial charge in [-0.2, -0.15) is 0 Å². The first-order valence-electron chi connectivity index (χ1n) is 6.42. The average Bonchev–Trinajstić information content (AvgIpc) is 2.16. The van der Waals surface area contributed by atoms with Crippen molar-refractivity contribution in [1.82, 2.24) is 4.90 Å². The SMILES string of the molecule is CC1(C)CCCN(CCCCCCCl)C1. The summed E-state index contributed by atoms with van der Waals surface area (Å²) in [7, 11) is 0. The summed E-state index contributed by atoms with van der Waals surface area (Å²) in [4.78, 5) is 2.64. The quantitative estimate of drug-likeness (QED) is 0.495. The van der Waals surface area contributed by atoms with Gasteiger partial charge >= 0.3 is 0 Å². The van der Waals surface area contributed by atoms with Crippen LogP contribution in [0.15, 0.2) is 0 Å². The molecule has 1 saturated heterocycles. The summed E-state index contributed by atoms with van der Waals surface area (Å²) in [5, 5.41) is 0. The fourth-order valence-corrected chi connectivity index (χ4v) is 2.71. The molecule has 90 valence electrons. The summed E-state index contributed by atoms with van der Waals surface area (Å²) in [6.45, 7) is 8.70. The predicted octanol–water partition coefficient (Wildman–Crippen LogP) is 3.91. The Balaban J connectivity index is 2.05. The van der Waals surface area contributed by atoms with E-state index in [1.54, 1.807) is 0 Å². The first-order valence-corrected chi connectivity index (χ1v) is 6.96. The molecule has 1 aliphatic heterocycles. The monoisotopic (exact) mass is 231 g/mol. The largest absolute Gasteiger partial charge is 0.303 e. The van der Waals surface area contributed by atoms with Crippen molar-refractivity contribution in [2.75, 3.05) is 25.5 Å². The maximum Gasteiger partial charge on any atom is 0.0223 e. The summed E-state index contributed by atoms with van der Waals surface area (Å²) < 4.78 is 0. The van der Waals surface area contributed by atoms with Gasteiger partial charge in [0, 0.05) is 12.4 Å². The maximum absolute atomic E-state index is 5.66. The first-order chi connectivity index (χ1) is 7.14. The van der Waals surface area contributed by atoms with E-state index in [9.17, 15) is 0 Å². The fourth-order valence-electron chi connectivity index (χ4n) is 2.52. The van der Waals surface area contributed by atoms with Crippen LogP contribution in [0.5, 0.6) is 0 Å². The van der Waals surface area contributed by atoms with Crippen LogP contribution in [0.3, 0.4) is 0 Å². The van der Waals surface area contributed by atoms with Crippen LogP contribution >= 0.6 is 11.6 Å². The number of unbranched alkanes of at least 4 members (excludes halogenated alkanes) is 3. The van der Waals surface area contributed by atoms with E-state index >= 15 is 0 Å². The molecule has 1 aliphatic rings. The van der Waals surface area contributed by atoms with Crippen LogP contribution in [0.2, 0.25) is 0 Å². The Morgan fingerprint density at radius 2 is 1.87 bits per heavy atom. The van der Waals surface area contributed by atoms with Gasteiger partial charge in [-0.15, -0.1) is 11.6 Å². The lowest BCUT2D eigenvalue weighted by atomic mass is 9.84. The molecule has 0 unspecified atom stereocenters. The number of hydrogen-bond donors (Lipinski definition) is 0. The molecule has 0 N–H and O–H groups in total. The Labute approximate surface area is 100 Å². The number of hydrogen-bond acceptors (Lipinski definition) is 1. The topological polar surface area (TPSA) is 3.24 Å². The second-order valence-electron chi connectivity index (χ2n) is 5.65. The molecule has 0 aliphatic carbocycles. The van der Waals surface area contributed by atoms with Crippen molar-refractivity contribution in [2.24, 2.45) is 5.41 Å². The minimum atomic E-state index is 0.550. The van der Waals surface area contributed by atoms with Crippen LogP contribution in [0, 0.1) is 5.41 Å². The summed E-state index contributed by atoms with van der Waals surface area (Å²) in [6.07, 6.45) is 7.98. The second-order valence-corrected chi connectivity index (χ2v) is 6.03. The number of nitrogens with zero attached hydrogens (tertiary/aromatic N) is 1. The Bertz CT molecular complexity index is 168. The molecule has 15 heavy (non-hydrogen) atoms. The molecule has 0 aromatic rings. The van der Waals surface area contributed by atoms with Crippen LogP contribution < -0.4 is 0 Å². The van der Waals surface area contributed by atoms with Crippen molar-refractivity contribution in [1.29, 1.82) is 0 Å². The Hall–Kier alpha value is 0.250. The van der Waals surface area contributed by atoms with E-state index in [4.69, 9.17) is 11.6 Å². The van der Waals surface area contributed by atoms with Crippen molar-refractivity contribution in [3.8, 4) is 0 Å². The highest BCUT2D eigenvalue weighted by Crippen LogP contribution is 2.28. The van der Waals surface area contributed by atoms with Crippen molar-refractivity contribution in [3.63, 3.8) is 0 Å².